The Morgan fingerprint density at radius 2 is 1.67 bits per heavy atom. The summed E-state index contributed by atoms with van der Waals surface area (Å²) in [5.74, 6) is 6.30. The highest BCUT2D eigenvalue weighted by Gasteiger charge is 2.48. The predicted molar refractivity (Wildman–Crippen MR) is 80.5 cm³/mol. The lowest BCUT2D eigenvalue weighted by Gasteiger charge is -2.23. The van der Waals surface area contributed by atoms with Gasteiger partial charge in [0.05, 0.1) is 0 Å². The fourth-order valence-corrected chi connectivity index (χ4v) is 4.14. The molecule has 0 spiro atoms. The van der Waals surface area contributed by atoms with Crippen molar-refractivity contribution in [2.24, 2.45) is 40.9 Å². The monoisotopic (exact) mass is 250 g/mol. The number of rotatable bonds is 6. The van der Waals surface area contributed by atoms with Crippen molar-refractivity contribution in [1.82, 2.24) is 0 Å². The molecule has 18 heavy (non-hydrogen) atoms. The second-order valence-corrected chi connectivity index (χ2v) is 8.82. The van der Waals surface area contributed by atoms with Gasteiger partial charge in [-0.05, 0) is 66.6 Å². The molecule has 0 N–H and O–H groups in total. The van der Waals surface area contributed by atoms with Gasteiger partial charge in [-0.25, -0.2) is 0 Å². The van der Waals surface area contributed by atoms with E-state index in [1.165, 1.54) is 19.3 Å². The van der Waals surface area contributed by atoms with Gasteiger partial charge >= 0.3 is 0 Å². The molecule has 0 heterocycles. The molecular weight excluding hydrogens is 216 g/mol. The van der Waals surface area contributed by atoms with E-state index in [1.807, 2.05) is 0 Å². The molecule has 0 radical (unpaired) electrons. The summed E-state index contributed by atoms with van der Waals surface area (Å²) >= 11 is 0. The molecule has 0 heteroatoms. The summed E-state index contributed by atoms with van der Waals surface area (Å²) in [4.78, 5) is 0. The molecule has 2 fully saturated rings. The van der Waals surface area contributed by atoms with Crippen LogP contribution >= 0.6 is 0 Å². The summed E-state index contributed by atoms with van der Waals surface area (Å²) in [6.07, 6.45) is 7.48. The van der Waals surface area contributed by atoms with Gasteiger partial charge in [0.1, 0.15) is 0 Å². The summed E-state index contributed by atoms with van der Waals surface area (Å²) in [5, 5.41) is 0. The molecule has 2 aliphatic rings. The predicted octanol–water partition coefficient (Wildman–Crippen LogP) is 5.77. The number of hydrogen-bond donors (Lipinski definition) is 0. The van der Waals surface area contributed by atoms with Crippen LogP contribution in [0, 0.1) is 40.9 Å². The molecule has 0 nitrogen and oxygen atoms in total. The summed E-state index contributed by atoms with van der Waals surface area (Å²) in [6, 6.07) is 0. The minimum Gasteiger partial charge on any atom is -0.0625 e. The van der Waals surface area contributed by atoms with Crippen molar-refractivity contribution in [2.45, 2.75) is 73.6 Å². The van der Waals surface area contributed by atoms with Gasteiger partial charge < -0.3 is 0 Å². The van der Waals surface area contributed by atoms with E-state index in [2.05, 4.69) is 41.5 Å². The van der Waals surface area contributed by atoms with Crippen molar-refractivity contribution in [3.05, 3.63) is 0 Å². The second kappa shape index (κ2) is 5.17. The third-order valence-electron chi connectivity index (χ3n) is 5.67. The van der Waals surface area contributed by atoms with Crippen LogP contribution in [0.3, 0.4) is 0 Å². The molecule has 0 amide bonds. The van der Waals surface area contributed by atoms with Gasteiger partial charge in [0.15, 0.2) is 0 Å². The highest BCUT2D eigenvalue weighted by atomic mass is 14.5. The van der Waals surface area contributed by atoms with E-state index in [1.54, 1.807) is 12.8 Å². The molecule has 0 bridgehead atoms. The van der Waals surface area contributed by atoms with E-state index in [9.17, 15) is 0 Å². The fourth-order valence-electron chi connectivity index (χ4n) is 4.14. The van der Waals surface area contributed by atoms with Crippen LogP contribution in [0.1, 0.15) is 73.6 Å². The highest BCUT2D eigenvalue weighted by molar-refractivity contribution is 4.97. The van der Waals surface area contributed by atoms with Gasteiger partial charge in [-0.2, -0.15) is 0 Å². The second-order valence-electron chi connectivity index (χ2n) is 8.82. The Labute approximate surface area is 115 Å². The van der Waals surface area contributed by atoms with Crippen molar-refractivity contribution in [2.75, 3.05) is 0 Å². The van der Waals surface area contributed by atoms with E-state index in [0.29, 0.717) is 5.41 Å². The van der Waals surface area contributed by atoms with Crippen LogP contribution in [-0.2, 0) is 0 Å². The minimum atomic E-state index is 0.515. The maximum Gasteiger partial charge on any atom is -0.0355 e. The van der Waals surface area contributed by atoms with Gasteiger partial charge in [-0.15, -0.1) is 0 Å². The quantitative estimate of drug-likeness (QED) is 0.561. The Bertz CT molecular complexity index is 264. The summed E-state index contributed by atoms with van der Waals surface area (Å²) in [6.45, 7) is 14.5. The lowest BCUT2D eigenvalue weighted by Crippen LogP contribution is -2.11. The summed E-state index contributed by atoms with van der Waals surface area (Å²) < 4.78 is 0. The van der Waals surface area contributed by atoms with Gasteiger partial charge in [0, 0.05) is 0 Å². The van der Waals surface area contributed by atoms with Crippen molar-refractivity contribution in [1.29, 1.82) is 0 Å². The van der Waals surface area contributed by atoms with Crippen LogP contribution < -0.4 is 0 Å². The van der Waals surface area contributed by atoms with Gasteiger partial charge in [-0.3, -0.25) is 0 Å². The van der Waals surface area contributed by atoms with Crippen molar-refractivity contribution in [3.63, 3.8) is 0 Å². The molecule has 0 aromatic carbocycles. The zero-order valence-electron chi connectivity index (χ0n) is 13.5. The average Bonchev–Trinajstić information content (AvgIpc) is 3.09. The van der Waals surface area contributed by atoms with Crippen LogP contribution in [0.25, 0.3) is 0 Å². The largest absolute Gasteiger partial charge is 0.0625 e. The van der Waals surface area contributed by atoms with E-state index in [0.717, 1.165) is 35.5 Å². The Kier molecular flexibility index (Phi) is 4.14. The first-order chi connectivity index (χ1) is 8.28. The Balaban J connectivity index is 1.57. The normalized spacial score (nSPS) is 40.7. The first-order valence-electron chi connectivity index (χ1n) is 8.28. The molecular formula is C18H34. The van der Waals surface area contributed by atoms with Crippen molar-refractivity contribution in [3.8, 4) is 0 Å². The Morgan fingerprint density at radius 1 is 1.06 bits per heavy atom. The Hall–Kier alpha value is 0. The van der Waals surface area contributed by atoms with Gasteiger partial charge in [0.2, 0.25) is 0 Å². The summed E-state index contributed by atoms with van der Waals surface area (Å²) in [5.41, 5.74) is 0.515. The maximum absolute atomic E-state index is 2.45. The molecule has 2 rings (SSSR count). The molecule has 0 aromatic heterocycles. The van der Waals surface area contributed by atoms with Gasteiger partial charge in [0.25, 0.3) is 0 Å². The van der Waals surface area contributed by atoms with E-state index < -0.39 is 0 Å². The molecule has 2 saturated carbocycles. The van der Waals surface area contributed by atoms with Gasteiger partial charge in [-0.1, -0.05) is 48.0 Å². The van der Waals surface area contributed by atoms with E-state index in [-0.39, 0.29) is 0 Å². The van der Waals surface area contributed by atoms with Crippen LogP contribution in [-0.4, -0.2) is 0 Å². The van der Waals surface area contributed by atoms with Crippen molar-refractivity contribution < 1.29 is 0 Å². The van der Waals surface area contributed by atoms with Crippen molar-refractivity contribution >= 4 is 0 Å². The zero-order valence-corrected chi connectivity index (χ0v) is 13.5. The van der Waals surface area contributed by atoms with Crippen LogP contribution in [0.15, 0.2) is 0 Å². The molecule has 106 valence electrons. The Morgan fingerprint density at radius 3 is 2.17 bits per heavy atom. The van der Waals surface area contributed by atoms with E-state index in [4.69, 9.17) is 0 Å². The molecule has 0 aromatic rings. The average molecular weight is 250 g/mol. The third kappa shape index (κ3) is 4.00. The lowest BCUT2D eigenvalue weighted by atomic mass is 9.83. The van der Waals surface area contributed by atoms with Crippen LogP contribution in [0.2, 0.25) is 0 Å². The van der Waals surface area contributed by atoms with Crippen LogP contribution in [0.4, 0.5) is 0 Å². The van der Waals surface area contributed by atoms with E-state index >= 15 is 0 Å². The van der Waals surface area contributed by atoms with Crippen LogP contribution in [0.5, 0.6) is 0 Å². The molecule has 0 aliphatic heterocycles. The molecule has 5 atom stereocenters. The molecule has 0 saturated heterocycles. The number of hydrogen-bond acceptors (Lipinski definition) is 0. The first-order valence-corrected chi connectivity index (χ1v) is 8.28. The molecule has 2 aliphatic carbocycles. The first kappa shape index (κ1) is 14.4. The lowest BCUT2D eigenvalue weighted by molar-refractivity contribution is 0.289. The smallest absolute Gasteiger partial charge is 0.0355 e. The summed E-state index contributed by atoms with van der Waals surface area (Å²) in [7, 11) is 0. The topological polar surface area (TPSA) is 0 Å². The SMILES string of the molecule is CC(CCC1CC1CC1C(C)C1C)CC(C)(C)C. The third-order valence-corrected chi connectivity index (χ3v) is 5.67. The maximum atomic E-state index is 2.45. The zero-order chi connectivity index (χ0) is 13.5. The standard InChI is InChI=1S/C18H34/c1-12(11-18(4,5)6)7-8-15-9-16(15)10-17-13(2)14(17)3/h12-17H,7-11H2,1-6H3. The molecule has 5 unspecified atom stereocenters. The minimum absolute atomic E-state index is 0.515. The highest BCUT2D eigenvalue weighted by Crippen LogP contribution is 2.56. The fraction of sp³-hybridized carbons (Fsp3) is 1.00.